The molecule has 0 aliphatic heterocycles. The van der Waals surface area contributed by atoms with Crippen molar-refractivity contribution in [2.24, 2.45) is 0 Å². The van der Waals surface area contributed by atoms with Crippen molar-refractivity contribution in [3.05, 3.63) is 200 Å². The summed E-state index contributed by atoms with van der Waals surface area (Å²) in [6, 6.07) is 73.0. The summed E-state index contributed by atoms with van der Waals surface area (Å²) in [5.74, 6) is 0. The quantitative estimate of drug-likeness (QED) is 0.168. The zero-order chi connectivity index (χ0) is 33.7. The van der Waals surface area contributed by atoms with Crippen LogP contribution in [0.4, 0.5) is 17.1 Å². The zero-order valence-corrected chi connectivity index (χ0v) is 28.0. The van der Waals surface area contributed by atoms with Crippen molar-refractivity contribution in [2.45, 2.75) is 0 Å². The van der Waals surface area contributed by atoms with Crippen molar-refractivity contribution in [3.8, 4) is 22.3 Å². The molecule has 0 saturated heterocycles. The Morgan fingerprint density at radius 1 is 0.275 bits per heavy atom. The Morgan fingerprint density at radius 2 is 0.706 bits per heavy atom. The Hall–Kier alpha value is -6.70. The highest BCUT2D eigenvalue weighted by Crippen LogP contribution is 2.44. The Kier molecular flexibility index (Phi) is 6.89. The molecule has 10 rings (SSSR count). The average Bonchev–Trinajstić information content (AvgIpc) is 3.21. The van der Waals surface area contributed by atoms with Gasteiger partial charge in [0.05, 0.1) is 11.4 Å². The van der Waals surface area contributed by atoms with Gasteiger partial charge in [0.15, 0.2) is 0 Å². The van der Waals surface area contributed by atoms with Gasteiger partial charge in [0, 0.05) is 16.5 Å². The van der Waals surface area contributed by atoms with E-state index in [0.29, 0.717) is 0 Å². The molecule has 51 heavy (non-hydrogen) atoms. The predicted octanol–water partition coefficient (Wildman–Crippen LogP) is 14.3. The normalized spacial score (nSPS) is 11.5. The third-order valence-corrected chi connectivity index (χ3v) is 10.4. The van der Waals surface area contributed by atoms with Crippen LogP contribution in [0.15, 0.2) is 200 Å². The van der Waals surface area contributed by atoms with Gasteiger partial charge in [0.1, 0.15) is 0 Å². The van der Waals surface area contributed by atoms with E-state index in [0.717, 1.165) is 17.1 Å². The Balaban J connectivity index is 1.11. The van der Waals surface area contributed by atoms with Gasteiger partial charge in [-0.05, 0) is 95.7 Å². The maximum Gasteiger partial charge on any atom is 0.0540 e. The van der Waals surface area contributed by atoms with Crippen molar-refractivity contribution >= 4 is 70.9 Å². The summed E-state index contributed by atoms with van der Waals surface area (Å²) in [5.41, 5.74) is 8.30. The van der Waals surface area contributed by atoms with E-state index in [1.807, 2.05) is 0 Å². The van der Waals surface area contributed by atoms with E-state index in [2.05, 4.69) is 205 Å². The van der Waals surface area contributed by atoms with Crippen LogP contribution in [-0.2, 0) is 0 Å². The van der Waals surface area contributed by atoms with Crippen LogP contribution in [0.25, 0.3) is 76.1 Å². The molecule has 1 nitrogen and oxygen atoms in total. The molecule has 0 spiro atoms. The third-order valence-electron chi connectivity index (χ3n) is 10.4. The molecule has 0 heterocycles. The van der Waals surface area contributed by atoms with Gasteiger partial charge in [-0.3, -0.25) is 0 Å². The second-order valence-corrected chi connectivity index (χ2v) is 13.3. The summed E-state index contributed by atoms with van der Waals surface area (Å²) in [6.07, 6.45) is 0. The van der Waals surface area contributed by atoms with E-state index >= 15 is 0 Å². The van der Waals surface area contributed by atoms with E-state index < -0.39 is 0 Å². The molecule has 0 N–H and O–H groups in total. The second kappa shape index (κ2) is 12.0. The molecule has 0 bridgehead atoms. The van der Waals surface area contributed by atoms with Gasteiger partial charge in [-0.25, -0.2) is 0 Å². The van der Waals surface area contributed by atoms with Crippen LogP contribution >= 0.6 is 0 Å². The number of benzene rings is 10. The largest absolute Gasteiger partial charge is 0.309 e. The van der Waals surface area contributed by atoms with Crippen LogP contribution in [0, 0.1) is 0 Å². The fraction of sp³-hybridized carbons (Fsp3) is 0. The molecular weight excluding hydrogens is 615 g/mol. The number of rotatable bonds is 5. The monoisotopic (exact) mass is 647 g/mol. The van der Waals surface area contributed by atoms with Gasteiger partial charge >= 0.3 is 0 Å². The highest BCUT2D eigenvalue weighted by Gasteiger charge is 2.18. The molecule has 10 aromatic carbocycles. The fourth-order valence-corrected chi connectivity index (χ4v) is 8.08. The maximum absolute atomic E-state index is 2.41. The first kappa shape index (κ1) is 29.2. The van der Waals surface area contributed by atoms with Gasteiger partial charge in [-0.1, -0.05) is 170 Å². The van der Waals surface area contributed by atoms with Crippen LogP contribution in [0.3, 0.4) is 0 Å². The number of nitrogens with zero attached hydrogens (tertiary/aromatic N) is 1. The molecule has 0 atom stereocenters. The van der Waals surface area contributed by atoms with Gasteiger partial charge in [0.25, 0.3) is 0 Å². The molecular formula is C50H33N. The molecule has 0 fully saturated rings. The topological polar surface area (TPSA) is 3.24 Å². The lowest BCUT2D eigenvalue weighted by atomic mass is 9.89. The van der Waals surface area contributed by atoms with Crippen molar-refractivity contribution < 1.29 is 0 Å². The highest BCUT2D eigenvalue weighted by atomic mass is 15.1. The summed E-state index contributed by atoms with van der Waals surface area (Å²) in [4.78, 5) is 2.41. The fourth-order valence-electron chi connectivity index (χ4n) is 8.08. The lowest BCUT2D eigenvalue weighted by molar-refractivity contribution is 1.31. The molecule has 0 aliphatic carbocycles. The van der Waals surface area contributed by atoms with E-state index in [1.165, 1.54) is 76.1 Å². The first-order valence-electron chi connectivity index (χ1n) is 17.6. The lowest BCUT2D eigenvalue weighted by Crippen LogP contribution is -2.11. The molecule has 0 radical (unpaired) electrons. The molecule has 0 aliphatic rings. The molecule has 0 aromatic heterocycles. The summed E-state index contributed by atoms with van der Waals surface area (Å²) in [6.45, 7) is 0. The van der Waals surface area contributed by atoms with Gasteiger partial charge in [-0.2, -0.15) is 0 Å². The summed E-state index contributed by atoms with van der Waals surface area (Å²) in [5, 5.41) is 12.7. The SMILES string of the molecule is c1cc(-c2ccc(N(c3cccc4ccccc34)c3cccc4ccccc34)cc2)cc(-c2cccc3c4ccccc4c4ccccc4c23)c1. The van der Waals surface area contributed by atoms with Gasteiger partial charge in [-0.15, -0.1) is 0 Å². The average molecular weight is 648 g/mol. The molecule has 10 aromatic rings. The molecule has 0 amide bonds. The predicted molar refractivity (Wildman–Crippen MR) is 220 cm³/mol. The standard InChI is InChI=1S/C50H33N/c1-3-19-40-35(13-1)15-10-27-48(40)51(49-28-11-16-36-14-2-4-20-41(36)49)39-31-29-34(30-32-39)37-17-9-18-38(33-37)42-25-12-26-47-45-22-6-5-21-43(45)44-23-7-8-24-46(44)50(42)47/h1-33H. The van der Waals surface area contributed by atoms with Crippen LogP contribution < -0.4 is 4.90 Å². The van der Waals surface area contributed by atoms with Gasteiger partial charge in [0.2, 0.25) is 0 Å². The molecule has 238 valence electrons. The van der Waals surface area contributed by atoms with Crippen LogP contribution in [0.1, 0.15) is 0 Å². The minimum Gasteiger partial charge on any atom is -0.309 e. The summed E-state index contributed by atoms with van der Waals surface area (Å²) in [7, 11) is 0. The first-order chi connectivity index (χ1) is 25.3. The van der Waals surface area contributed by atoms with Crippen molar-refractivity contribution in [1.29, 1.82) is 0 Å². The number of hydrogen-bond donors (Lipinski definition) is 0. The van der Waals surface area contributed by atoms with E-state index in [1.54, 1.807) is 0 Å². The second-order valence-electron chi connectivity index (χ2n) is 13.3. The minimum absolute atomic E-state index is 1.12. The van der Waals surface area contributed by atoms with Crippen LogP contribution in [0.5, 0.6) is 0 Å². The van der Waals surface area contributed by atoms with Crippen LogP contribution in [0.2, 0.25) is 0 Å². The molecule has 0 saturated carbocycles. The molecule has 1 heteroatoms. The summed E-state index contributed by atoms with van der Waals surface area (Å²) < 4.78 is 0. The zero-order valence-electron chi connectivity index (χ0n) is 28.0. The van der Waals surface area contributed by atoms with Crippen molar-refractivity contribution in [2.75, 3.05) is 4.90 Å². The third kappa shape index (κ3) is 4.86. The smallest absolute Gasteiger partial charge is 0.0540 e. The number of fused-ring (bicyclic) bond motifs is 8. The first-order valence-corrected chi connectivity index (χ1v) is 17.6. The van der Waals surface area contributed by atoms with Crippen molar-refractivity contribution in [1.82, 2.24) is 0 Å². The molecule has 0 unspecified atom stereocenters. The van der Waals surface area contributed by atoms with Crippen LogP contribution in [-0.4, -0.2) is 0 Å². The number of hydrogen-bond acceptors (Lipinski definition) is 1. The van der Waals surface area contributed by atoms with Crippen molar-refractivity contribution in [3.63, 3.8) is 0 Å². The number of anilines is 3. The lowest BCUT2D eigenvalue weighted by Gasteiger charge is -2.28. The highest BCUT2D eigenvalue weighted by molar-refractivity contribution is 6.28. The van der Waals surface area contributed by atoms with E-state index in [4.69, 9.17) is 0 Å². The Labute approximate surface area is 297 Å². The minimum atomic E-state index is 1.12. The Morgan fingerprint density at radius 3 is 1.31 bits per heavy atom. The van der Waals surface area contributed by atoms with Gasteiger partial charge < -0.3 is 4.90 Å². The summed E-state index contributed by atoms with van der Waals surface area (Å²) >= 11 is 0. The van der Waals surface area contributed by atoms with E-state index in [-0.39, 0.29) is 0 Å². The van der Waals surface area contributed by atoms with E-state index in [9.17, 15) is 0 Å². The Bertz CT molecular complexity index is 2780. The maximum atomic E-state index is 2.41.